The number of fused-ring (bicyclic) bond motifs is 1. The van der Waals surface area contributed by atoms with Crippen LogP contribution in [0.25, 0.3) is 11.0 Å². The third-order valence-electron chi connectivity index (χ3n) is 7.01. The van der Waals surface area contributed by atoms with Gasteiger partial charge in [-0.25, -0.2) is 9.97 Å². The van der Waals surface area contributed by atoms with E-state index in [2.05, 4.69) is 15.6 Å². The van der Waals surface area contributed by atoms with Gasteiger partial charge in [-0.15, -0.1) is 0 Å². The van der Waals surface area contributed by atoms with Crippen LogP contribution in [0, 0.1) is 0 Å². The minimum Gasteiger partial charge on any atom is -0.457 e. The Balaban J connectivity index is 1.29. The molecule has 4 aromatic rings. The quantitative estimate of drug-likeness (QED) is 0.362. The Morgan fingerprint density at radius 3 is 2.74 bits per heavy atom. The highest BCUT2D eigenvalue weighted by Gasteiger charge is 2.27. The lowest BCUT2D eigenvalue weighted by Crippen LogP contribution is -2.31. The van der Waals surface area contributed by atoms with Gasteiger partial charge in [0.2, 0.25) is 11.9 Å². The van der Waals surface area contributed by atoms with Gasteiger partial charge < -0.3 is 29.2 Å². The van der Waals surface area contributed by atoms with Crippen molar-refractivity contribution in [3.63, 3.8) is 0 Å². The second-order valence-corrected chi connectivity index (χ2v) is 9.97. The van der Waals surface area contributed by atoms with E-state index in [-0.39, 0.29) is 17.5 Å². The van der Waals surface area contributed by atoms with Crippen molar-refractivity contribution in [3.8, 4) is 11.5 Å². The lowest BCUT2D eigenvalue weighted by atomic mass is 10.1. The molecule has 1 aliphatic heterocycles. The van der Waals surface area contributed by atoms with Crippen LogP contribution < -0.4 is 20.9 Å². The lowest BCUT2D eigenvalue weighted by molar-refractivity contribution is -0.114. The predicted molar refractivity (Wildman–Crippen MR) is 144 cm³/mol. The maximum absolute atomic E-state index is 13.5. The monoisotopic (exact) mass is 514 g/mol. The minimum atomic E-state index is -0.201. The van der Waals surface area contributed by atoms with Crippen molar-refractivity contribution in [3.05, 3.63) is 64.7 Å². The SMILES string of the molecule is CC(=O)Nc1cc(Oc2ccc3nc(Nc4cc(C5CC5)cn([C@@H]5CCCOC5)c4=O)n(C)c3c2)ccn1. The van der Waals surface area contributed by atoms with Crippen molar-refractivity contribution in [1.29, 1.82) is 0 Å². The molecule has 0 unspecified atom stereocenters. The van der Waals surface area contributed by atoms with E-state index >= 15 is 0 Å². The number of amides is 1. The first kappa shape index (κ1) is 24.2. The number of pyridine rings is 2. The normalized spacial score (nSPS) is 17.4. The number of aromatic nitrogens is 4. The van der Waals surface area contributed by atoms with Gasteiger partial charge in [0.1, 0.15) is 23.0 Å². The predicted octanol–water partition coefficient (Wildman–Crippen LogP) is 4.85. The molecular weight excluding hydrogens is 484 g/mol. The zero-order valence-electron chi connectivity index (χ0n) is 21.4. The molecule has 1 saturated carbocycles. The fourth-order valence-electron chi connectivity index (χ4n) is 4.89. The molecule has 1 aromatic carbocycles. The zero-order valence-corrected chi connectivity index (χ0v) is 21.4. The molecule has 1 saturated heterocycles. The number of nitrogens with one attached hydrogen (secondary N) is 2. The number of carbonyl (C=O) groups is 1. The molecule has 1 aliphatic carbocycles. The van der Waals surface area contributed by atoms with Crippen molar-refractivity contribution in [2.24, 2.45) is 7.05 Å². The number of rotatable bonds is 7. The summed E-state index contributed by atoms with van der Waals surface area (Å²) in [5.41, 5.74) is 3.27. The molecular formula is C28H30N6O4. The third kappa shape index (κ3) is 4.99. The molecule has 10 nitrogen and oxygen atoms in total. The van der Waals surface area contributed by atoms with Crippen LogP contribution >= 0.6 is 0 Å². The number of hydrogen-bond acceptors (Lipinski definition) is 7. The van der Waals surface area contributed by atoms with E-state index in [9.17, 15) is 9.59 Å². The molecule has 0 bridgehead atoms. The number of hydrogen-bond donors (Lipinski definition) is 2. The summed E-state index contributed by atoms with van der Waals surface area (Å²) in [5, 5.41) is 5.97. The Labute approximate surface area is 219 Å². The molecule has 2 fully saturated rings. The molecule has 0 radical (unpaired) electrons. The van der Waals surface area contributed by atoms with Gasteiger partial charge in [-0.05, 0) is 61.4 Å². The molecule has 6 rings (SSSR count). The van der Waals surface area contributed by atoms with Gasteiger partial charge >= 0.3 is 0 Å². The minimum absolute atomic E-state index is 0.0509. The van der Waals surface area contributed by atoms with Crippen molar-refractivity contribution in [2.75, 3.05) is 23.8 Å². The number of imidazole rings is 1. The standard InChI is InChI=1S/C28H30N6O4/c1-17(35)30-26-14-22(9-10-29-26)38-21-7-8-23-25(13-21)33(2)28(31-23)32-24-12-19(18-5-6-18)15-34(27(24)36)20-4-3-11-37-16-20/h7-10,12-15,18,20H,3-6,11,16H2,1-2H3,(H,31,32)(H,29,30,35)/t20-/m1/s1. The lowest BCUT2D eigenvalue weighted by Gasteiger charge is -2.25. The smallest absolute Gasteiger partial charge is 0.274 e. The molecule has 1 amide bonds. The van der Waals surface area contributed by atoms with Gasteiger partial charge in [-0.2, -0.15) is 0 Å². The Morgan fingerprint density at radius 1 is 1.13 bits per heavy atom. The van der Waals surface area contributed by atoms with E-state index in [4.69, 9.17) is 14.5 Å². The first-order valence-corrected chi connectivity index (χ1v) is 12.9. The summed E-state index contributed by atoms with van der Waals surface area (Å²) in [6.07, 6.45) is 7.80. The first-order chi connectivity index (χ1) is 18.4. The van der Waals surface area contributed by atoms with Gasteiger partial charge in [0.05, 0.1) is 23.7 Å². The highest BCUT2D eigenvalue weighted by molar-refractivity contribution is 5.87. The van der Waals surface area contributed by atoms with E-state index in [0.717, 1.165) is 43.3 Å². The number of benzene rings is 1. The fraction of sp³-hybridized carbons (Fsp3) is 0.357. The molecule has 3 aromatic heterocycles. The van der Waals surface area contributed by atoms with Crippen molar-refractivity contribution in [1.82, 2.24) is 19.1 Å². The second-order valence-electron chi connectivity index (χ2n) is 9.97. The second kappa shape index (κ2) is 9.94. The largest absolute Gasteiger partial charge is 0.457 e. The zero-order chi connectivity index (χ0) is 26.2. The Bertz CT molecular complexity index is 1570. The molecule has 196 valence electrons. The highest BCUT2D eigenvalue weighted by atomic mass is 16.5. The summed E-state index contributed by atoms with van der Waals surface area (Å²) in [5.74, 6) is 2.46. The van der Waals surface area contributed by atoms with Crippen LogP contribution in [0.3, 0.4) is 0 Å². The molecule has 10 heteroatoms. The Morgan fingerprint density at radius 2 is 1.97 bits per heavy atom. The average Bonchev–Trinajstić information content (AvgIpc) is 3.71. The topological polar surface area (TPSA) is 112 Å². The molecule has 38 heavy (non-hydrogen) atoms. The van der Waals surface area contributed by atoms with Gasteiger partial charge in [-0.1, -0.05) is 0 Å². The number of ether oxygens (including phenoxy) is 2. The maximum atomic E-state index is 13.5. The number of nitrogens with zero attached hydrogens (tertiary/aromatic N) is 4. The molecule has 1 atom stereocenters. The van der Waals surface area contributed by atoms with E-state index in [1.165, 1.54) is 12.5 Å². The molecule has 4 heterocycles. The van der Waals surface area contributed by atoms with Crippen molar-refractivity contribution < 1.29 is 14.3 Å². The van der Waals surface area contributed by atoms with E-state index in [1.807, 2.05) is 46.6 Å². The summed E-state index contributed by atoms with van der Waals surface area (Å²) < 4.78 is 15.5. The summed E-state index contributed by atoms with van der Waals surface area (Å²) in [4.78, 5) is 33.7. The Hall–Kier alpha value is -4.18. The van der Waals surface area contributed by atoms with Gasteiger partial charge in [0.15, 0.2) is 0 Å². The highest BCUT2D eigenvalue weighted by Crippen LogP contribution is 2.41. The summed E-state index contributed by atoms with van der Waals surface area (Å²) in [6, 6.07) is 11.0. The average molecular weight is 515 g/mol. The van der Waals surface area contributed by atoms with Gasteiger partial charge in [0.25, 0.3) is 5.56 Å². The van der Waals surface area contributed by atoms with Crippen LogP contribution in [0.2, 0.25) is 0 Å². The maximum Gasteiger partial charge on any atom is 0.274 e. The summed E-state index contributed by atoms with van der Waals surface area (Å²) in [6.45, 7) is 2.74. The van der Waals surface area contributed by atoms with Crippen LogP contribution in [0.5, 0.6) is 11.5 Å². The van der Waals surface area contributed by atoms with Crippen LogP contribution in [-0.4, -0.2) is 38.2 Å². The summed E-state index contributed by atoms with van der Waals surface area (Å²) in [7, 11) is 1.90. The number of anilines is 3. The van der Waals surface area contributed by atoms with Crippen LogP contribution in [0.1, 0.15) is 50.1 Å². The van der Waals surface area contributed by atoms with Gasteiger partial charge in [-0.3, -0.25) is 9.59 Å². The number of carbonyl (C=O) groups excluding carboxylic acids is 1. The molecule has 2 aliphatic rings. The molecule has 0 spiro atoms. The van der Waals surface area contributed by atoms with Crippen LogP contribution in [-0.2, 0) is 16.6 Å². The fourth-order valence-corrected chi connectivity index (χ4v) is 4.89. The van der Waals surface area contributed by atoms with Crippen molar-refractivity contribution >= 4 is 34.4 Å². The van der Waals surface area contributed by atoms with Gasteiger partial charge in [0, 0.05) is 45.1 Å². The van der Waals surface area contributed by atoms with Crippen LogP contribution in [0.15, 0.2) is 53.6 Å². The number of aryl methyl sites for hydroxylation is 1. The van der Waals surface area contributed by atoms with Crippen LogP contribution in [0.4, 0.5) is 17.5 Å². The van der Waals surface area contributed by atoms with E-state index < -0.39 is 0 Å². The van der Waals surface area contributed by atoms with Crippen molar-refractivity contribution in [2.45, 2.75) is 44.6 Å². The molecule has 2 N–H and O–H groups in total. The van der Waals surface area contributed by atoms with E-state index in [0.29, 0.717) is 41.5 Å². The summed E-state index contributed by atoms with van der Waals surface area (Å²) >= 11 is 0. The third-order valence-corrected chi connectivity index (χ3v) is 7.01. The first-order valence-electron chi connectivity index (χ1n) is 12.9. The van der Waals surface area contributed by atoms with E-state index in [1.54, 1.807) is 18.3 Å². The Kier molecular flexibility index (Phi) is 6.32.